The average molecular weight is 239 g/mol. The van der Waals surface area contributed by atoms with Crippen molar-refractivity contribution >= 4 is 0 Å². The van der Waals surface area contributed by atoms with Crippen LogP contribution < -0.4 is 5.32 Å². The fourth-order valence-corrected chi connectivity index (χ4v) is 2.42. The van der Waals surface area contributed by atoms with Gasteiger partial charge in [0.15, 0.2) is 5.82 Å². The Morgan fingerprint density at radius 1 is 1.41 bits per heavy atom. The summed E-state index contributed by atoms with van der Waals surface area (Å²) in [6.45, 7) is 2.69. The summed E-state index contributed by atoms with van der Waals surface area (Å²) in [4.78, 5) is 4.18. The SMILES string of the molecule is COC1CCCCC1NCCc1noc(C)n1. The minimum absolute atomic E-state index is 0.357. The smallest absolute Gasteiger partial charge is 0.223 e. The molecule has 0 aliphatic heterocycles. The molecule has 0 radical (unpaired) electrons. The predicted molar refractivity (Wildman–Crippen MR) is 63.8 cm³/mol. The van der Waals surface area contributed by atoms with Crippen LogP contribution in [0.1, 0.15) is 37.4 Å². The largest absolute Gasteiger partial charge is 0.380 e. The highest BCUT2D eigenvalue weighted by atomic mass is 16.5. The first-order chi connectivity index (χ1) is 8.29. The number of nitrogens with one attached hydrogen (secondary N) is 1. The van der Waals surface area contributed by atoms with E-state index in [1.807, 2.05) is 6.92 Å². The van der Waals surface area contributed by atoms with E-state index >= 15 is 0 Å². The number of hydrogen-bond acceptors (Lipinski definition) is 5. The molecule has 1 N–H and O–H groups in total. The Morgan fingerprint density at radius 2 is 2.24 bits per heavy atom. The Morgan fingerprint density at radius 3 is 2.94 bits per heavy atom. The summed E-state index contributed by atoms with van der Waals surface area (Å²) in [5, 5.41) is 7.41. The molecule has 1 aliphatic carbocycles. The molecule has 96 valence electrons. The molecule has 0 aromatic carbocycles. The zero-order valence-corrected chi connectivity index (χ0v) is 10.6. The average Bonchev–Trinajstić information content (AvgIpc) is 2.76. The lowest BCUT2D eigenvalue weighted by molar-refractivity contribution is 0.0421. The molecule has 0 bridgehead atoms. The Hall–Kier alpha value is -0.940. The van der Waals surface area contributed by atoms with Gasteiger partial charge in [0.2, 0.25) is 5.89 Å². The van der Waals surface area contributed by atoms with Gasteiger partial charge < -0.3 is 14.6 Å². The van der Waals surface area contributed by atoms with E-state index in [9.17, 15) is 0 Å². The van der Waals surface area contributed by atoms with Gasteiger partial charge in [0, 0.05) is 33.0 Å². The van der Waals surface area contributed by atoms with Gasteiger partial charge >= 0.3 is 0 Å². The van der Waals surface area contributed by atoms with Crippen LogP contribution in [0.15, 0.2) is 4.52 Å². The zero-order chi connectivity index (χ0) is 12.1. The van der Waals surface area contributed by atoms with Crippen molar-refractivity contribution in [1.29, 1.82) is 0 Å². The molecule has 0 spiro atoms. The molecule has 0 amide bonds. The molecule has 1 aliphatic rings. The highest BCUT2D eigenvalue weighted by Crippen LogP contribution is 2.20. The maximum atomic E-state index is 5.50. The minimum Gasteiger partial charge on any atom is -0.380 e. The van der Waals surface area contributed by atoms with E-state index in [2.05, 4.69) is 15.5 Å². The fourth-order valence-electron chi connectivity index (χ4n) is 2.42. The molecule has 2 unspecified atom stereocenters. The van der Waals surface area contributed by atoms with Gasteiger partial charge in [0.1, 0.15) is 0 Å². The van der Waals surface area contributed by atoms with Crippen molar-refractivity contribution in [2.24, 2.45) is 0 Å². The topological polar surface area (TPSA) is 60.2 Å². The summed E-state index contributed by atoms with van der Waals surface area (Å²) >= 11 is 0. The predicted octanol–water partition coefficient (Wildman–Crippen LogP) is 1.47. The molecular formula is C12H21N3O2. The summed E-state index contributed by atoms with van der Waals surface area (Å²) in [6.07, 6.45) is 6.10. The second-order valence-electron chi connectivity index (χ2n) is 4.60. The van der Waals surface area contributed by atoms with Crippen molar-refractivity contribution in [2.75, 3.05) is 13.7 Å². The zero-order valence-electron chi connectivity index (χ0n) is 10.6. The van der Waals surface area contributed by atoms with Gasteiger partial charge in [-0.15, -0.1) is 0 Å². The monoisotopic (exact) mass is 239 g/mol. The molecule has 5 heteroatoms. The first-order valence-corrected chi connectivity index (χ1v) is 6.35. The number of nitrogens with zero attached hydrogens (tertiary/aromatic N) is 2. The quantitative estimate of drug-likeness (QED) is 0.843. The van der Waals surface area contributed by atoms with E-state index in [1.54, 1.807) is 7.11 Å². The fraction of sp³-hybridized carbons (Fsp3) is 0.833. The normalized spacial score (nSPS) is 25.1. The van der Waals surface area contributed by atoms with Gasteiger partial charge in [-0.3, -0.25) is 0 Å². The standard InChI is InChI=1S/C12H21N3O2/c1-9-14-12(15-17-9)7-8-13-10-5-3-4-6-11(10)16-2/h10-11,13H,3-8H2,1-2H3. The Labute approximate surface area is 102 Å². The number of methoxy groups -OCH3 is 1. The third-order valence-corrected chi connectivity index (χ3v) is 3.33. The first kappa shape index (κ1) is 12.5. The van der Waals surface area contributed by atoms with E-state index in [0.717, 1.165) is 25.2 Å². The minimum atomic E-state index is 0.357. The van der Waals surface area contributed by atoms with E-state index in [4.69, 9.17) is 9.26 Å². The number of hydrogen-bond donors (Lipinski definition) is 1. The summed E-state index contributed by atoms with van der Waals surface area (Å²) in [5.74, 6) is 1.41. The summed E-state index contributed by atoms with van der Waals surface area (Å²) in [6, 6.07) is 0.474. The van der Waals surface area contributed by atoms with Crippen LogP contribution in [0.4, 0.5) is 0 Å². The van der Waals surface area contributed by atoms with Crippen molar-refractivity contribution in [1.82, 2.24) is 15.5 Å². The molecule has 5 nitrogen and oxygen atoms in total. The highest BCUT2D eigenvalue weighted by molar-refractivity contribution is 4.87. The third-order valence-electron chi connectivity index (χ3n) is 3.33. The van der Waals surface area contributed by atoms with Crippen molar-refractivity contribution < 1.29 is 9.26 Å². The molecule has 2 rings (SSSR count). The van der Waals surface area contributed by atoms with E-state index in [1.165, 1.54) is 19.3 Å². The maximum absolute atomic E-state index is 5.50. The number of rotatable bonds is 5. The summed E-state index contributed by atoms with van der Waals surface area (Å²) in [7, 11) is 1.80. The molecule has 1 heterocycles. The molecule has 17 heavy (non-hydrogen) atoms. The molecule has 0 saturated heterocycles. The molecule has 1 aromatic heterocycles. The number of aryl methyl sites for hydroxylation is 1. The van der Waals surface area contributed by atoms with E-state index in [0.29, 0.717) is 18.0 Å². The lowest BCUT2D eigenvalue weighted by Crippen LogP contribution is -2.43. The van der Waals surface area contributed by atoms with Crippen LogP contribution in [-0.2, 0) is 11.2 Å². The Kier molecular flexibility index (Phi) is 4.50. The van der Waals surface area contributed by atoms with Crippen molar-refractivity contribution in [3.63, 3.8) is 0 Å². The van der Waals surface area contributed by atoms with Gasteiger partial charge in [0.05, 0.1) is 6.10 Å². The second kappa shape index (κ2) is 6.12. The summed E-state index contributed by atoms with van der Waals surface area (Å²) < 4.78 is 10.4. The van der Waals surface area contributed by atoms with Crippen LogP contribution in [0, 0.1) is 6.92 Å². The van der Waals surface area contributed by atoms with Gasteiger partial charge in [-0.1, -0.05) is 18.0 Å². The first-order valence-electron chi connectivity index (χ1n) is 6.35. The molecule has 1 fully saturated rings. The third kappa shape index (κ3) is 3.51. The number of ether oxygens (including phenoxy) is 1. The van der Waals surface area contributed by atoms with Gasteiger partial charge in [0.25, 0.3) is 0 Å². The second-order valence-corrected chi connectivity index (χ2v) is 4.60. The van der Waals surface area contributed by atoms with E-state index in [-0.39, 0.29) is 0 Å². The highest BCUT2D eigenvalue weighted by Gasteiger charge is 2.24. The van der Waals surface area contributed by atoms with Crippen LogP contribution in [-0.4, -0.2) is 35.9 Å². The van der Waals surface area contributed by atoms with Crippen molar-refractivity contribution in [3.8, 4) is 0 Å². The molecular weight excluding hydrogens is 218 g/mol. The van der Waals surface area contributed by atoms with Crippen LogP contribution in [0.25, 0.3) is 0 Å². The Balaban J connectivity index is 1.73. The number of aromatic nitrogens is 2. The van der Waals surface area contributed by atoms with Crippen LogP contribution in [0.2, 0.25) is 0 Å². The van der Waals surface area contributed by atoms with Crippen LogP contribution in [0.3, 0.4) is 0 Å². The van der Waals surface area contributed by atoms with Crippen molar-refractivity contribution in [2.45, 2.75) is 51.2 Å². The maximum Gasteiger partial charge on any atom is 0.223 e. The van der Waals surface area contributed by atoms with Gasteiger partial charge in [-0.25, -0.2) is 0 Å². The molecule has 1 saturated carbocycles. The lowest BCUT2D eigenvalue weighted by atomic mass is 9.92. The van der Waals surface area contributed by atoms with Crippen molar-refractivity contribution in [3.05, 3.63) is 11.7 Å². The Bertz CT molecular complexity index is 340. The van der Waals surface area contributed by atoms with Crippen LogP contribution >= 0.6 is 0 Å². The van der Waals surface area contributed by atoms with Gasteiger partial charge in [-0.2, -0.15) is 4.98 Å². The lowest BCUT2D eigenvalue weighted by Gasteiger charge is -2.31. The van der Waals surface area contributed by atoms with Gasteiger partial charge in [-0.05, 0) is 12.8 Å². The van der Waals surface area contributed by atoms with Crippen LogP contribution in [0.5, 0.6) is 0 Å². The summed E-state index contributed by atoms with van der Waals surface area (Å²) in [5.41, 5.74) is 0. The molecule has 1 aromatic rings. The molecule has 2 atom stereocenters. The van der Waals surface area contributed by atoms with E-state index < -0.39 is 0 Å².